The molecule has 1 atom stereocenters. The van der Waals surface area contributed by atoms with Crippen molar-refractivity contribution in [3.8, 4) is 0 Å². The summed E-state index contributed by atoms with van der Waals surface area (Å²) in [6, 6.07) is 11.5. The lowest BCUT2D eigenvalue weighted by atomic mass is 9.99. The number of halogens is 1. The van der Waals surface area contributed by atoms with Gasteiger partial charge in [-0.3, -0.25) is 0 Å². The van der Waals surface area contributed by atoms with Crippen molar-refractivity contribution >= 4 is 27.3 Å². The van der Waals surface area contributed by atoms with Gasteiger partial charge in [0.05, 0.1) is 0 Å². The number of thiophene rings is 1. The highest BCUT2D eigenvalue weighted by molar-refractivity contribution is 9.10. The third-order valence-electron chi connectivity index (χ3n) is 3.37. The molecule has 0 aliphatic rings. The predicted octanol–water partition coefficient (Wildman–Crippen LogP) is 5.49. The van der Waals surface area contributed by atoms with Crippen LogP contribution in [0.4, 0.5) is 0 Å². The van der Waals surface area contributed by atoms with Crippen molar-refractivity contribution in [1.29, 1.82) is 0 Å². The molecule has 1 aromatic heterocycles. The van der Waals surface area contributed by atoms with E-state index in [1.165, 1.54) is 26.9 Å². The summed E-state index contributed by atoms with van der Waals surface area (Å²) in [7, 11) is 0. The fourth-order valence-corrected chi connectivity index (χ4v) is 3.76. The van der Waals surface area contributed by atoms with E-state index in [1.54, 1.807) is 0 Å². The van der Waals surface area contributed by atoms with Crippen LogP contribution in [0, 0.1) is 6.92 Å². The van der Waals surface area contributed by atoms with Crippen LogP contribution in [0.1, 0.15) is 41.8 Å². The molecular weight excluding hydrogens is 330 g/mol. The molecule has 1 heterocycles. The highest BCUT2D eigenvalue weighted by Gasteiger charge is 2.12. The minimum Gasteiger partial charge on any atom is -0.310 e. The van der Waals surface area contributed by atoms with E-state index in [1.807, 2.05) is 11.3 Å². The second kappa shape index (κ2) is 7.96. The Kier molecular flexibility index (Phi) is 6.27. The smallest absolute Gasteiger partial charge is 0.0324 e. The van der Waals surface area contributed by atoms with Crippen LogP contribution in [-0.2, 0) is 6.42 Å². The van der Waals surface area contributed by atoms with E-state index in [9.17, 15) is 0 Å². The quantitative estimate of drug-likeness (QED) is 0.694. The van der Waals surface area contributed by atoms with Crippen LogP contribution in [0.3, 0.4) is 0 Å². The van der Waals surface area contributed by atoms with Gasteiger partial charge >= 0.3 is 0 Å². The Bertz CT molecular complexity index is 502. The molecule has 2 aromatic rings. The fraction of sp³-hybridized carbons (Fsp3) is 0.412. The lowest BCUT2D eigenvalue weighted by molar-refractivity contribution is 0.500. The summed E-state index contributed by atoms with van der Waals surface area (Å²) < 4.78 is 1.17. The monoisotopic (exact) mass is 351 g/mol. The minimum atomic E-state index is 0.438. The summed E-state index contributed by atoms with van der Waals surface area (Å²) in [5.41, 5.74) is 2.70. The summed E-state index contributed by atoms with van der Waals surface area (Å²) in [4.78, 5) is 1.47. The molecule has 0 amide bonds. The average molecular weight is 352 g/mol. The van der Waals surface area contributed by atoms with Crippen LogP contribution in [0.25, 0.3) is 0 Å². The third-order valence-corrected chi connectivity index (χ3v) is 4.76. The van der Waals surface area contributed by atoms with Crippen molar-refractivity contribution in [2.45, 2.75) is 39.2 Å². The van der Waals surface area contributed by atoms with Gasteiger partial charge in [-0.25, -0.2) is 0 Å². The van der Waals surface area contributed by atoms with Crippen LogP contribution in [0.5, 0.6) is 0 Å². The zero-order valence-electron chi connectivity index (χ0n) is 12.2. The van der Waals surface area contributed by atoms with Gasteiger partial charge in [-0.2, -0.15) is 0 Å². The van der Waals surface area contributed by atoms with Gasteiger partial charge in [0.2, 0.25) is 0 Å². The van der Waals surface area contributed by atoms with Gasteiger partial charge in [0.25, 0.3) is 0 Å². The van der Waals surface area contributed by atoms with E-state index in [-0.39, 0.29) is 0 Å². The molecule has 3 heteroatoms. The Morgan fingerprint density at radius 1 is 1.30 bits per heavy atom. The molecule has 0 aliphatic carbocycles. The van der Waals surface area contributed by atoms with E-state index in [4.69, 9.17) is 0 Å². The number of aryl methyl sites for hydroxylation is 2. The topological polar surface area (TPSA) is 12.0 Å². The first-order chi connectivity index (χ1) is 9.69. The normalized spacial score (nSPS) is 12.6. The zero-order valence-corrected chi connectivity index (χ0v) is 14.6. The predicted molar refractivity (Wildman–Crippen MR) is 92.6 cm³/mol. The average Bonchev–Trinajstić information content (AvgIpc) is 2.91. The lowest BCUT2D eigenvalue weighted by Crippen LogP contribution is -2.22. The second-order valence-corrected chi connectivity index (χ2v) is 7.13. The molecule has 108 valence electrons. The number of rotatable bonds is 7. The van der Waals surface area contributed by atoms with Crippen molar-refractivity contribution < 1.29 is 0 Å². The van der Waals surface area contributed by atoms with E-state index < -0.39 is 0 Å². The molecule has 0 fully saturated rings. The molecule has 0 saturated heterocycles. The second-order valence-electron chi connectivity index (χ2n) is 5.19. The molecular formula is C17H22BrNS. The van der Waals surface area contributed by atoms with Crippen molar-refractivity contribution in [2.24, 2.45) is 0 Å². The van der Waals surface area contributed by atoms with Crippen LogP contribution in [0.2, 0.25) is 0 Å². The van der Waals surface area contributed by atoms with E-state index in [2.05, 4.69) is 70.8 Å². The number of hydrogen-bond acceptors (Lipinski definition) is 2. The zero-order chi connectivity index (χ0) is 14.4. The highest BCUT2D eigenvalue weighted by Crippen LogP contribution is 2.25. The van der Waals surface area contributed by atoms with Gasteiger partial charge in [-0.05, 0) is 67.4 Å². The van der Waals surface area contributed by atoms with Gasteiger partial charge in [0.15, 0.2) is 0 Å². The minimum absolute atomic E-state index is 0.438. The van der Waals surface area contributed by atoms with E-state index >= 15 is 0 Å². The van der Waals surface area contributed by atoms with Gasteiger partial charge in [-0.15, -0.1) is 11.3 Å². The van der Waals surface area contributed by atoms with Gasteiger partial charge in [-0.1, -0.05) is 35.0 Å². The van der Waals surface area contributed by atoms with Crippen LogP contribution < -0.4 is 5.32 Å². The summed E-state index contributed by atoms with van der Waals surface area (Å²) in [6.45, 7) is 5.45. The largest absolute Gasteiger partial charge is 0.310 e. The maximum absolute atomic E-state index is 3.69. The van der Waals surface area contributed by atoms with Crippen molar-refractivity contribution in [3.63, 3.8) is 0 Å². The van der Waals surface area contributed by atoms with Gasteiger partial charge in [0.1, 0.15) is 0 Å². The Hall–Kier alpha value is -0.640. The molecule has 1 unspecified atom stereocenters. The van der Waals surface area contributed by atoms with Crippen LogP contribution in [0.15, 0.2) is 40.2 Å². The number of nitrogens with one attached hydrogen (secondary N) is 1. The first-order valence-corrected chi connectivity index (χ1v) is 8.89. The molecule has 0 aliphatic heterocycles. The first-order valence-electron chi connectivity index (χ1n) is 7.22. The molecule has 0 bridgehead atoms. The summed E-state index contributed by atoms with van der Waals surface area (Å²) in [5, 5.41) is 5.85. The Balaban J connectivity index is 2.09. The Morgan fingerprint density at radius 3 is 2.80 bits per heavy atom. The molecule has 1 N–H and O–H groups in total. The Morgan fingerprint density at radius 2 is 2.15 bits per heavy atom. The molecule has 2 rings (SSSR count). The lowest BCUT2D eigenvalue weighted by Gasteiger charge is -2.19. The molecule has 1 aromatic carbocycles. The van der Waals surface area contributed by atoms with Crippen LogP contribution in [-0.4, -0.2) is 6.54 Å². The summed E-state index contributed by atoms with van der Waals surface area (Å²) >= 11 is 5.47. The first kappa shape index (κ1) is 15.7. The maximum atomic E-state index is 3.69. The third kappa shape index (κ3) is 4.72. The Labute approximate surface area is 134 Å². The fourth-order valence-electron chi connectivity index (χ4n) is 2.41. The molecule has 20 heavy (non-hydrogen) atoms. The van der Waals surface area contributed by atoms with Gasteiger partial charge < -0.3 is 5.32 Å². The van der Waals surface area contributed by atoms with Crippen molar-refractivity contribution in [2.75, 3.05) is 6.54 Å². The number of benzene rings is 1. The van der Waals surface area contributed by atoms with E-state index in [0.717, 1.165) is 19.4 Å². The SMILES string of the molecule is CCCNC(CCc1cccs1)c1cc(C)cc(Br)c1. The van der Waals surface area contributed by atoms with Crippen molar-refractivity contribution in [1.82, 2.24) is 5.32 Å². The standard InChI is InChI=1S/C17H22BrNS/c1-3-8-19-17(7-6-16-5-4-9-20-16)14-10-13(2)11-15(18)12-14/h4-5,9-12,17,19H,3,6-8H2,1-2H3. The summed E-state index contributed by atoms with van der Waals surface area (Å²) in [5.74, 6) is 0. The molecule has 0 radical (unpaired) electrons. The van der Waals surface area contributed by atoms with Gasteiger partial charge in [0, 0.05) is 15.4 Å². The van der Waals surface area contributed by atoms with Crippen LogP contribution >= 0.6 is 27.3 Å². The highest BCUT2D eigenvalue weighted by atomic mass is 79.9. The maximum Gasteiger partial charge on any atom is 0.0324 e. The number of hydrogen-bond donors (Lipinski definition) is 1. The van der Waals surface area contributed by atoms with E-state index in [0.29, 0.717) is 6.04 Å². The molecule has 1 nitrogen and oxygen atoms in total. The van der Waals surface area contributed by atoms with Crippen molar-refractivity contribution in [3.05, 3.63) is 56.2 Å². The molecule has 0 spiro atoms. The summed E-state index contributed by atoms with van der Waals surface area (Å²) in [6.07, 6.45) is 3.46. The molecule has 0 saturated carbocycles.